The molecule has 2 amide bonds. The van der Waals surface area contributed by atoms with Gasteiger partial charge in [0.05, 0.1) is 24.0 Å². The van der Waals surface area contributed by atoms with Gasteiger partial charge >= 0.3 is 5.97 Å². The molecule has 2 aliphatic carbocycles. The standard InChI is InChI=1S/C26H39NO4S.C19H31NO4.C7H8S/c1-3-4-5-12-17-21-23(29)27-26(25(21,2)31,22(28)20-15-10-7-11-16-20)24(30)32-18-19-13-8-6-9-14-19;1-3-4-5-9-12-14-16(22)20-19(17(23)24-18(14,19)2)15(21)13-10-7-6-8-11-13;8-6-7-4-2-1-3-5-7/h6,8-9,13-14,20-22,28,31H,3-5,7,10-12,15-18H2,1-2H3,(H,27,29);13-15,21H,3-12H2,1-2H3,(H,20,22);1-5,8H,6H2/t21-,22-,25-,26-;14-,15-,18-,19-;/m00./s1. The fourth-order valence-electron chi connectivity index (χ4n) is 11.1. The maximum Gasteiger partial charge on any atom is 0.339 e. The van der Waals surface area contributed by atoms with Crippen LogP contribution in [0.5, 0.6) is 0 Å². The molecule has 7 rings (SSSR count). The van der Waals surface area contributed by atoms with Crippen LogP contribution in [0.2, 0.25) is 0 Å². The van der Waals surface area contributed by atoms with Gasteiger partial charge in [0.2, 0.25) is 22.5 Å². The van der Waals surface area contributed by atoms with E-state index >= 15 is 0 Å². The molecule has 0 spiro atoms. The van der Waals surface area contributed by atoms with Crippen molar-refractivity contribution in [3.05, 3.63) is 71.8 Å². The number of carbonyl (C=O) groups excluding carboxylic acids is 4. The van der Waals surface area contributed by atoms with Crippen LogP contribution < -0.4 is 10.6 Å². The Balaban J connectivity index is 0.000000210. The Morgan fingerprint density at radius 3 is 1.67 bits per heavy atom. The number of nitrogens with one attached hydrogen (secondary N) is 2. The van der Waals surface area contributed by atoms with Gasteiger partial charge in [0.15, 0.2) is 11.1 Å². The smallest absolute Gasteiger partial charge is 0.339 e. The van der Waals surface area contributed by atoms with Crippen molar-refractivity contribution < 1.29 is 39.2 Å². The van der Waals surface area contributed by atoms with Gasteiger partial charge in [-0.15, -0.1) is 0 Å². The predicted octanol–water partition coefficient (Wildman–Crippen LogP) is 9.41. The van der Waals surface area contributed by atoms with Gasteiger partial charge in [0, 0.05) is 11.5 Å². The minimum absolute atomic E-state index is 0.0741. The highest BCUT2D eigenvalue weighted by Crippen LogP contribution is 2.54. The Morgan fingerprint density at radius 2 is 1.19 bits per heavy atom. The van der Waals surface area contributed by atoms with Crippen molar-refractivity contribution in [1.82, 2.24) is 10.6 Å². The van der Waals surface area contributed by atoms with E-state index in [9.17, 15) is 34.5 Å². The number of rotatable bonds is 18. The summed E-state index contributed by atoms with van der Waals surface area (Å²) in [5.41, 5.74) is -3.18. The normalized spacial score (nSPS) is 30.0. The summed E-state index contributed by atoms with van der Waals surface area (Å²) in [7, 11) is 0. The summed E-state index contributed by atoms with van der Waals surface area (Å²) in [5.74, 6) is -0.686. The molecular weight excluding hydrogens is 845 g/mol. The highest BCUT2D eigenvalue weighted by molar-refractivity contribution is 8.13. The molecule has 0 aromatic heterocycles. The largest absolute Gasteiger partial charge is 0.453 e. The lowest BCUT2D eigenvalue weighted by molar-refractivity contribution is -0.240. The number of esters is 1. The van der Waals surface area contributed by atoms with Gasteiger partial charge in [-0.25, -0.2) is 4.79 Å². The lowest BCUT2D eigenvalue weighted by Gasteiger charge is -2.55. The first-order valence-corrected chi connectivity index (χ1v) is 26.2. The van der Waals surface area contributed by atoms with Crippen LogP contribution in [0.15, 0.2) is 60.7 Å². The maximum atomic E-state index is 13.7. The molecule has 3 saturated heterocycles. The zero-order valence-electron chi connectivity index (χ0n) is 39.0. The van der Waals surface area contributed by atoms with E-state index < -0.39 is 46.4 Å². The SMILES string of the molecule is CCCCCC[C@H]1C(=O)N[C@@]2([C@@H](O)C3CCCCC3)C(=O)O[C@@]12C.CCCCCC[C@H]1C(=O)N[C@](C(=O)SCc2ccccc2)([C@@H](O)C2CCCCC2)[C@@]1(C)O.SCc1ccccc1. The Morgan fingerprint density at radius 1 is 0.703 bits per heavy atom. The summed E-state index contributed by atoms with van der Waals surface area (Å²) >= 11 is 5.19. The molecule has 356 valence electrons. The van der Waals surface area contributed by atoms with Gasteiger partial charge in [-0.3, -0.25) is 14.4 Å². The zero-order chi connectivity index (χ0) is 46.4. The topological polar surface area (TPSA) is 162 Å². The Kier molecular flexibility index (Phi) is 19.7. The molecular formula is C52H78N2O8S2. The summed E-state index contributed by atoms with van der Waals surface area (Å²) in [6.45, 7) is 7.71. The number of carbonyl (C=O) groups is 4. The fourth-order valence-corrected chi connectivity index (χ4v) is 12.4. The van der Waals surface area contributed by atoms with Crippen LogP contribution in [0.3, 0.4) is 0 Å². The number of thiol groups is 1. The van der Waals surface area contributed by atoms with Crippen LogP contribution in [0.25, 0.3) is 0 Å². The number of thioether (sulfide) groups is 1. The molecule has 2 aromatic carbocycles. The molecule has 5 N–H and O–H groups in total. The fraction of sp³-hybridized carbons (Fsp3) is 0.692. The lowest BCUT2D eigenvalue weighted by atomic mass is 9.63. The van der Waals surface area contributed by atoms with Crippen molar-refractivity contribution in [2.24, 2.45) is 23.7 Å². The van der Waals surface area contributed by atoms with E-state index in [2.05, 4.69) is 49.2 Å². The molecule has 3 heterocycles. The Hall–Kier alpha value is -2.90. The molecule has 10 nitrogen and oxygen atoms in total. The maximum absolute atomic E-state index is 13.7. The number of ether oxygens (including phenoxy) is 1. The van der Waals surface area contributed by atoms with Gasteiger partial charge in [-0.1, -0.05) is 176 Å². The Labute approximate surface area is 393 Å². The van der Waals surface area contributed by atoms with Crippen molar-refractivity contribution in [2.45, 2.75) is 202 Å². The number of aliphatic hydroxyl groups is 3. The quantitative estimate of drug-likeness (QED) is 0.0486. The van der Waals surface area contributed by atoms with Crippen LogP contribution in [0.1, 0.15) is 167 Å². The molecule has 5 fully saturated rings. The molecule has 2 saturated carbocycles. The van der Waals surface area contributed by atoms with E-state index in [0.29, 0.717) is 12.2 Å². The van der Waals surface area contributed by atoms with Crippen molar-refractivity contribution in [3.63, 3.8) is 0 Å². The number of hydrogen-bond acceptors (Lipinski definition) is 10. The molecule has 0 unspecified atom stereocenters. The molecule has 0 radical (unpaired) electrons. The number of fused-ring (bicyclic) bond motifs is 1. The van der Waals surface area contributed by atoms with E-state index in [1.54, 1.807) is 6.92 Å². The highest BCUT2D eigenvalue weighted by atomic mass is 32.2. The molecule has 12 heteroatoms. The third-order valence-corrected chi connectivity index (χ3v) is 16.6. The molecule has 5 aliphatic rings. The van der Waals surface area contributed by atoms with E-state index in [1.807, 2.05) is 55.5 Å². The van der Waals surface area contributed by atoms with Crippen LogP contribution in [-0.2, 0) is 35.4 Å². The van der Waals surface area contributed by atoms with Gasteiger partial charge in [-0.05, 0) is 75.3 Å². The lowest BCUT2D eigenvalue weighted by Crippen LogP contribution is -2.80. The minimum Gasteiger partial charge on any atom is -0.453 e. The third-order valence-electron chi connectivity index (χ3n) is 15.2. The van der Waals surface area contributed by atoms with Crippen LogP contribution >= 0.6 is 24.4 Å². The monoisotopic (exact) mass is 923 g/mol. The number of unbranched alkanes of at least 4 members (excludes halogenated alkanes) is 6. The first-order chi connectivity index (χ1) is 30.7. The van der Waals surface area contributed by atoms with Crippen molar-refractivity contribution in [3.8, 4) is 0 Å². The third kappa shape index (κ3) is 11.3. The van der Waals surface area contributed by atoms with E-state index in [1.165, 1.54) is 12.0 Å². The molecule has 64 heavy (non-hydrogen) atoms. The van der Waals surface area contributed by atoms with Crippen molar-refractivity contribution in [1.29, 1.82) is 0 Å². The van der Waals surface area contributed by atoms with Gasteiger partial charge in [-0.2, -0.15) is 12.6 Å². The van der Waals surface area contributed by atoms with Crippen molar-refractivity contribution in [2.75, 3.05) is 0 Å². The number of aliphatic hydroxyl groups excluding tert-OH is 2. The molecule has 8 atom stereocenters. The van der Waals surface area contributed by atoms with Gasteiger partial charge in [0.25, 0.3) is 0 Å². The second-order valence-corrected chi connectivity index (χ2v) is 20.7. The minimum atomic E-state index is -1.68. The molecule has 3 aliphatic heterocycles. The second-order valence-electron chi connectivity index (χ2n) is 19.4. The number of hydrogen-bond donors (Lipinski definition) is 6. The first kappa shape index (κ1) is 52.1. The highest BCUT2D eigenvalue weighted by Gasteiger charge is 2.79. The van der Waals surface area contributed by atoms with E-state index in [-0.39, 0.29) is 34.7 Å². The summed E-state index contributed by atoms with van der Waals surface area (Å²) in [6, 6.07) is 19.8. The summed E-state index contributed by atoms with van der Waals surface area (Å²) in [6.07, 6.45) is 17.6. The number of benzene rings is 2. The van der Waals surface area contributed by atoms with Gasteiger partial charge in [0.1, 0.15) is 5.60 Å². The summed E-state index contributed by atoms with van der Waals surface area (Å²) < 4.78 is 5.52. The van der Waals surface area contributed by atoms with Crippen LogP contribution in [-0.4, -0.2) is 72.7 Å². The average Bonchev–Trinajstić information content (AvgIpc) is 3.63. The van der Waals surface area contributed by atoms with Crippen LogP contribution in [0, 0.1) is 23.7 Å². The van der Waals surface area contributed by atoms with Gasteiger partial charge < -0.3 is 30.7 Å². The van der Waals surface area contributed by atoms with E-state index in [4.69, 9.17) is 4.74 Å². The number of amides is 2. The zero-order valence-corrected chi connectivity index (χ0v) is 40.7. The first-order valence-electron chi connectivity index (χ1n) is 24.6. The second kappa shape index (κ2) is 24.2. The predicted molar refractivity (Wildman–Crippen MR) is 258 cm³/mol. The summed E-state index contributed by atoms with van der Waals surface area (Å²) in [4.78, 5) is 51.8. The Bertz CT molecular complexity index is 1790. The average molecular weight is 923 g/mol. The molecule has 2 aromatic rings. The molecule has 0 bridgehead atoms. The summed E-state index contributed by atoms with van der Waals surface area (Å²) in [5, 5.41) is 39.8. The van der Waals surface area contributed by atoms with E-state index in [0.717, 1.165) is 139 Å². The van der Waals surface area contributed by atoms with Crippen molar-refractivity contribution >= 4 is 47.3 Å². The van der Waals surface area contributed by atoms with Crippen LogP contribution in [0.4, 0.5) is 0 Å².